The van der Waals surface area contributed by atoms with Gasteiger partial charge >= 0.3 is 6.03 Å². The van der Waals surface area contributed by atoms with Crippen LogP contribution in [0.2, 0.25) is 0 Å². The molecule has 1 aromatic heterocycles. The number of imide groups is 1. The molecule has 3 aromatic rings. The van der Waals surface area contributed by atoms with Crippen molar-refractivity contribution in [2.45, 2.75) is 51.6 Å². The number of methoxy groups -OCH3 is 1. The highest BCUT2D eigenvalue weighted by Crippen LogP contribution is 2.47. The molecule has 3 amide bonds. The summed E-state index contributed by atoms with van der Waals surface area (Å²) in [7, 11) is 1.64. The van der Waals surface area contributed by atoms with E-state index in [2.05, 4.69) is 23.7 Å². The van der Waals surface area contributed by atoms with Crippen molar-refractivity contribution in [2.75, 3.05) is 33.3 Å². The van der Waals surface area contributed by atoms with Crippen molar-refractivity contribution in [3.8, 4) is 11.5 Å². The smallest absolute Gasteiger partial charge is 0.328 e. The Morgan fingerprint density at radius 2 is 1.95 bits per heavy atom. The number of phenols is 1. The maximum atomic E-state index is 13.9. The number of hydrogen-bond donors (Lipinski definition) is 2. The second-order valence-corrected chi connectivity index (χ2v) is 10.3. The summed E-state index contributed by atoms with van der Waals surface area (Å²) < 4.78 is 5.48. The fourth-order valence-electron chi connectivity index (χ4n) is 6.07. The highest BCUT2D eigenvalue weighted by atomic mass is 16.5. The summed E-state index contributed by atoms with van der Waals surface area (Å²) in [5.41, 5.74) is 2.85. The lowest BCUT2D eigenvalue weighted by atomic mass is 9.81. The molecule has 2 aromatic carbocycles. The van der Waals surface area contributed by atoms with E-state index in [9.17, 15) is 14.7 Å². The predicted molar refractivity (Wildman–Crippen MR) is 143 cm³/mol. The van der Waals surface area contributed by atoms with E-state index in [1.54, 1.807) is 30.2 Å². The number of urea groups is 1. The van der Waals surface area contributed by atoms with Crippen LogP contribution in [0.25, 0.3) is 10.9 Å². The fraction of sp³-hybridized carbons (Fsp3) is 0.448. The number of fused-ring (bicyclic) bond motifs is 4. The van der Waals surface area contributed by atoms with Gasteiger partial charge in [0.1, 0.15) is 17.0 Å². The highest BCUT2D eigenvalue weighted by molar-refractivity contribution is 6.08. The number of nitrogens with zero attached hydrogens (tertiary/aromatic N) is 3. The minimum Gasteiger partial charge on any atom is -0.508 e. The van der Waals surface area contributed by atoms with Gasteiger partial charge in [0.05, 0.1) is 13.2 Å². The monoisotopic (exact) mass is 504 g/mol. The SMILES string of the molecule is CCN(CC)CCCN1C(=O)N2C(Cc3cccc(O)c3)c3[nH]c4ccc(OC)cc4c3C[C@@]2(C)C1=O. The quantitative estimate of drug-likeness (QED) is 0.420. The first kappa shape index (κ1) is 25.1. The first-order chi connectivity index (χ1) is 17.8. The summed E-state index contributed by atoms with van der Waals surface area (Å²) in [6.07, 6.45) is 1.65. The highest BCUT2D eigenvalue weighted by Gasteiger charge is 2.59. The van der Waals surface area contributed by atoms with E-state index < -0.39 is 5.54 Å². The third-order valence-electron chi connectivity index (χ3n) is 8.08. The summed E-state index contributed by atoms with van der Waals surface area (Å²) in [5.74, 6) is 0.790. The first-order valence-electron chi connectivity index (χ1n) is 13.1. The van der Waals surface area contributed by atoms with E-state index in [-0.39, 0.29) is 23.7 Å². The second-order valence-electron chi connectivity index (χ2n) is 10.3. The summed E-state index contributed by atoms with van der Waals surface area (Å²) in [6.45, 7) is 9.28. The maximum absolute atomic E-state index is 13.9. The minimum atomic E-state index is -0.987. The number of carbonyl (C=O) groups is 2. The fourth-order valence-corrected chi connectivity index (χ4v) is 6.07. The zero-order chi connectivity index (χ0) is 26.3. The molecule has 0 radical (unpaired) electrons. The predicted octanol–water partition coefficient (Wildman–Crippen LogP) is 4.48. The van der Waals surface area contributed by atoms with E-state index in [1.807, 2.05) is 31.2 Å². The number of carbonyl (C=O) groups excluding carboxylic acids is 2. The Hall–Kier alpha value is -3.52. The second kappa shape index (κ2) is 9.74. The minimum absolute atomic E-state index is 0.138. The molecule has 0 saturated carbocycles. The topological polar surface area (TPSA) is 89.1 Å². The van der Waals surface area contributed by atoms with Gasteiger partial charge in [0.25, 0.3) is 5.91 Å². The van der Waals surface area contributed by atoms with Crippen LogP contribution in [-0.4, -0.2) is 75.6 Å². The molecule has 3 heterocycles. The van der Waals surface area contributed by atoms with Gasteiger partial charge in [0.2, 0.25) is 0 Å². The van der Waals surface area contributed by atoms with Gasteiger partial charge in [-0.1, -0.05) is 26.0 Å². The molecule has 1 saturated heterocycles. The van der Waals surface area contributed by atoms with Crippen LogP contribution in [0, 0.1) is 0 Å². The number of rotatable bonds is 9. The van der Waals surface area contributed by atoms with Crippen LogP contribution in [-0.2, 0) is 17.6 Å². The van der Waals surface area contributed by atoms with Gasteiger partial charge in [-0.15, -0.1) is 0 Å². The van der Waals surface area contributed by atoms with Gasteiger partial charge in [-0.25, -0.2) is 4.79 Å². The molecule has 1 fully saturated rings. The Morgan fingerprint density at radius 1 is 1.16 bits per heavy atom. The molecule has 37 heavy (non-hydrogen) atoms. The molecule has 196 valence electrons. The largest absolute Gasteiger partial charge is 0.508 e. The van der Waals surface area contributed by atoms with Crippen molar-refractivity contribution in [3.05, 3.63) is 59.3 Å². The zero-order valence-corrected chi connectivity index (χ0v) is 22.1. The van der Waals surface area contributed by atoms with Crippen LogP contribution >= 0.6 is 0 Å². The van der Waals surface area contributed by atoms with Crippen molar-refractivity contribution in [3.63, 3.8) is 0 Å². The Labute approximate surface area is 217 Å². The molecule has 8 nitrogen and oxygen atoms in total. The number of aromatic nitrogens is 1. The molecule has 5 rings (SSSR count). The zero-order valence-electron chi connectivity index (χ0n) is 22.1. The Morgan fingerprint density at radius 3 is 2.65 bits per heavy atom. The average Bonchev–Trinajstić information content (AvgIpc) is 3.33. The van der Waals surface area contributed by atoms with Crippen LogP contribution in [0.15, 0.2) is 42.5 Å². The lowest BCUT2D eigenvalue weighted by Gasteiger charge is -2.42. The molecule has 0 bridgehead atoms. The summed E-state index contributed by atoms with van der Waals surface area (Å²) in [4.78, 5) is 36.9. The number of nitrogens with one attached hydrogen (secondary N) is 1. The molecular weight excluding hydrogens is 468 g/mol. The van der Waals surface area contributed by atoms with Gasteiger partial charge < -0.3 is 24.6 Å². The van der Waals surface area contributed by atoms with E-state index in [0.29, 0.717) is 19.4 Å². The maximum Gasteiger partial charge on any atom is 0.328 e. The van der Waals surface area contributed by atoms with E-state index >= 15 is 0 Å². The average molecular weight is 505 g/mol. The van der Waals surface area contributed by atoms with Crippen LogP contribution in [0.4, 0.5) is 4.79 Å². The normalized spacial score (nSPS) is 21.2. The first-order valence-corrected chi connectivity index (χ1v) is 13.1. The van der Waals surface area contributed by atoms with Gasteiger partial charge in [-0.2, -0.15) is 0 Å². The molecule has 8 heteroatoms. The van der Waals surface area contributed by atoms with E-state index in [0.717, 1.165) is 59.5 Å². The number of H-pyrrole nitrogens is 1. The van der Waals surface area contributed by atoms with Crippen molar-refractivity contribution in [1.29, 1.82) is 0 Å². The van der Waals surface area contributed by atoms with Crippen molar-refractivity contribution >= 4 is 22.8 Å². The Kier molecular flexibility index (Phi) is 6.62. The molecule has 2 N–H and O–H groups in total. The number of phenolic OH excluding ortho intramolecular Hbond substituents is 1. The number of aromatic hydroxyl groups is 1. The van der Waals surface area contributed by atoms with Gasteiger partial charge in [0.15, 0.2) is 0 Å². The van der Waals surface area contributed by atoms with Crippen molar-refractivity contribution < 1.29 is 19.4 Å². The Balaban J connectivity index is 1.55. The van der Waals surface area contributed by atoms with Crippen molar-refractivity contribution in [2.24, 2.45) is 0 Å². The number of hydrogen-bond acceptors (Lipinski definition) is 5. The Bertz CT molecular complexity index is 1330. The molecule has 2 aliphatic rings. The third-order valence-corrected chi connectivity index (χ3v) is 8.08. The van der Waals surface area contributed by atoms with Crippen LogP contribution in [0.5, 0.6) is 11.5 Å². The number of ether oxygens (including phenoxy) is 1. The van der Waals surface area contributed by atoms with Gasteiger partial charge in [0, 0.05) is 29.6 Å². The van der Waals surface area contributed by atoms with Crippen LogP contribution < -0.4 is 4.74 Å². The molecule has 1 unspecified atom stereocenters. The van der Waals surface area contributed by atoms with E-state index in [1.165, 1.54) is 4.90 Å². The summed E-state index contributed by atoms with van der Waals surface area (Å²) >= 11 is 0. The molecule has 2 atom stereocenters. The standard InChI is InChI=1S/C29H36N4O4/c1-5-31(6-2)13-8-14-32-27(35)29(3)18-23-22-17-21(37-4)11-12-24(22)30-26(23)25(33(29)28(32)36)16-19-9-7-10-20(34)15-19/h7,9-12,15,17,25,30,34H,5-6,8,13-14,16,18H2,1-4H3/t25?,29-/m0/s1. The lowest BCUT2D eigenvalue weighted by Crippen LogP contribution is -2.53. The number of aromatic amines is 1. The lowest BCUT2D eigenvalue weighted by molar-refractivity contribution is -0.133. The molecule has 2 aliphatic heterocycles. The summed E-state index contributed by atoms with van der Waals surface area (Å²) in [5, 5.41) is 11.1. The van der Waals surface area contributed by atoms with Gasteiger partial charge in [-0.05, 0) is 80.9 Å². The van der Waals surface area contributed by atoms with Crippen LogP contribution in [0.3, 0.4) is 0 Å². The van der Waals surface area contributed by atoms with Crippen molar-refractivity contribution in [1.82, 2.24) is 19.7 Å². The van der Waals surface area contributed by atoms with Crippen LogP contribution in [0.1, 0.15) is 50.1 Å². The summed E-state index contributed by atoms with van der Waals surface area (Å²) in [6, 6.07) is 12.4. The number of amides is 3. The third kappa shape index (κ3) is 4.23. The molecule has 0 aliphatic carbocycles. The number of benzene rings is 2. The van der Waals surface area contributed by atoms with E-state index in [4.69, 9.17) is 4.74 Å². The van der Waals surface area contributed by atoms with Gasteiger partial charge in [-0.3, -0.25) is 9.69 Å². The molecule has 0 spiro atoms. The molecular formula is C29H36N4O4.